The molecule has 2 amide bonds. The molecule has 0 bridgehead atoms. The monoisotopic (exact) mass is 332 g/mol. The Kier molecular flexibility index (Phi) is 4.28. The number of nitrogens with one attached hydrogen (secondary N) is 1. The summed E-state index contributed by atoms with van der Waals surface area (Å²) in [5, 5.41) is 6.12. The number of rotatable bonds is 3. The third kappa shape index (κ3) is 3.12. The highest BCUT2D eigenvalue weighted by Gasteiger charge is 2.33. The van der Waals surface area contributed by atoms with Crippen molar-refractivity contribution in [2.24, 2.45) is 0 Å². The van der Waals surface area contributed by atoms with Crippen molar-refractivity contribution < 1.29 is 18.5 Å². The average Bonchev–Trinajstić information content (AvgIpc) is 2.98. The first-order chi connectivity index (χ1) is 11.5. The van der Waals surface area contributed by atoms with Gasteiger partial charge in [-0.3, -0.25) is 9.59 Å². The minimum Gasteiger partial charge on any atom is -0.339 e. The number of carbonyl (C=O) groups excluding carboxylic acids is 2. The van der Waals surface area contributed by atoms with Crippen LogP contribution in [0.3, 0.4) is 0 Å². The average molecular weight is 332 g/mol. The van der Waals surface area contributed by atoms with Gasteiger partial charge in [-0.15, -0.1) is 0 Å². The van der Waals surface area contributed by atoms with Crippen molar-refractivity contribution in [2.45, 2.75) is 32.7 Å². The number of halogens is 1. The van der Waals surface area contributed by atoms with E-state index in [-0.39, 0.29) is 23.3 Å². The fraction of sp³-hybridized carbons (Fsp3) is 0.375. The zero-order chi connectivity index (χ0) is 17.3. The summed E-state index contributed by atoms with van der Waals surface area (Å²) >= 11 is 0. The maximum atomic E-state index is 14.1. The second-order valence-corrected chi connectivity index (χ2v) is 5.75. The van der Waals surface area contributed by atoms with E-state index in [4.69, 9.17) is 4.52 Å². The van der Waals surface area contributed by atoms with Crippen LogP contribution in [0.25, 0.3) is 0 Å². The van der Waals surface area contributed by atoms with Gasteiger partial charge >= 0.3 is 0 Å². The summed E-state index contributed by atoms with van der Waals surface area (Å²) in [7, 11) is 0. The Morgan fingerprint density at radius 2 is 2.21 bits per heavy atom. The highest BCUT2D eigenvalue weighted by Crippen LogP contribution is 2.25. The first-order valence-corrected chi connectivity index (χ1v) is 7.64. The summed E-state index contributed by atoms with van der Waals surface area (Å²) in [5.41, 5.74) is 1.09. The van der Waals surface area contributed by atoms with Crippen LogP contribution >= 0.6 is 0 Å². The van der Waals surface area contributed by atoms with E-state index in [2.05, 4.69) is 15.5 Å². The SMILES string of the molecule is Cc1ccc(F)c(N2CCC[C@H](NC(=O)c3noc(C)n3)C2=O)c1. The molecule has 1 aromatic carbocycles. The summed E-state index contributed by atoms with van der Waals surface area (Å²) in [5.74, 6) is -1.26. The largest absolute Gasteiger partial charge is 0.339 e. The Morgan fingerprint density at radius 3 is 2.92 bits per heavy atom. The van der Waals surface area contributed by atoms with Crippen LogP contribution in [-0.4, -0.2) is 34.5 Å². The van der Waals surface area contributed by atoms with E-state index in [1.54, 1.807) is 19.1 Å². The van der Waals surface area contributed by atoms with Gasteiger partial charge in [-0.2, -0.15) is 4.98 Å². The number of hydrogen-bond acceptors (Lipinski definition) is 5. The van der Waals surface area contributed by atoms with Crippen LogP contribution in [0.4, 0.5) is 10.1 Å². The van der Waals surface area contributed by atoms with Gasteiger partial charge in [0.25, 0.3) is 11.7 Å². The molecule has 1 aliphatic heterocycles. The zero-order valence-electron chi connectivity index (χ0n) is 13.4. The maximum absolute atomic E-state index is 14.1. The molecule has 1 N–H and O–H groups in total. The lowest BCUT2D eigenvalue weighted by molar-refractivity contribution is -0.121. The molecule has 2 heterocycles. The van der Waals surface area contributed by atoms with Crippen LogP contribution in [0, 0.1) is 19.7 Å². The van der Waals surface area contributed by atoms with Crippen LogP contribution in [0.2, 0.25) is 0 Å². The van der Waals surface area contributed by atoms with Gasteiger partial charge in [-0.1, -0.05) is 11.2 Å². The number of amides is 2. The molecule has 1 atom stereocenters. The van der Waals surface area contributed by atoms with Crippen LogP contribution in [0.15, 0.2) is 22.7 Å². The number of aryl methyl sites for hydroxylation is 2. The second kappa shape index (κ2) is 6.38. The predicted octanol–water partition coefficient (Wildman–Crippen LogP) is 1.75. The summed E-state index contributed by atoms with van der Waals surface area (Å²) < 4.78 is 18.8. The molecule has 126 valence electrons. The normalized spacial score (nSPS) is 17.9. The van der Waals surface area contributed by atoms with Crippen molar-refractivity contribution in [1.82, 2.24) is 15.5 Å². The fourth-order valence-electron chi connectivity index (χ4n) is 2.69. The highest BCUT2D eigenvalue weighted by molar-refractivity contribution is 6.01. The van der Waals surface area contributed by atoms with Gasteiger partial charge in [0, 0.05) is 13.5 Å². The number of nitrogens with zero attached hydrogens (tertiary/aromatic N) is 3. The molecule has 1 fully saturated rings. The van der Waals surface area contributed by atoms with Gasteiger partial charge in [0.15, 0.2) is 0 Å². The van der Waals surface area contributed by atoms with Crippen LogP contribution < -0.4 is 10.2 Å². The van der Waals surface area contributed by atoms with Gasteiger partial charge in [0.2, 0.25) is 11.8 Å². The quantitative estimate of drug-likeness (QED) is 0.925. The molecule has 7 nitrogen and oxygen atoms in total. The van der Waals surface area contributed by atoms with Crippen LogP contribution in [0.5, 0.6) is 0 Å². The van der Waals surface area contributed by atoms with Crippen molar-refractivity contribution in [1.29, 1.82) is 0 Å². The van der Waals surface area contributed by atoms with Gasteiger partial charge in [-0.25, -0.2) is 4.39 Å². The van der Waals surface area contributed by atoms with Crippen molar-refractivity contribution in [3.63, 3.8) is 0 Å². The summed E-state index contributed by atoms with van der Waals surface area (Å²) in [6, 6.07) is 3.86. The van der Waals surface area contributed by atoms with Crippen molar-refractivity contribution >= 4 is 17.5 Å². The zero-order valence-corrected chi connectivity index (χ0v) is 13.4. The minimum atomic E-state index is -0.745. The van der Waals surface area contributed by atoms with E-state index < -0.39 is 17.8 Å². The summed E-state index contributed by atoms with van der Waals surface area (Å²) in [4.78, 5) is 29.9. The minimum absolute atomic E-state index is 0.126. The molecule has 1 saturated heterocycles. The first kappa shape index (κ1) is 16.1. The summed E-state index contributed by atoms with van der Waals surface area (Å²) in [6.45, 7) is 3.81. The highest BCUT2D eigenvalue weighted by atomic mass is 19.1. The molecule has 8 heteroatoms. The molecule has 0 unspecified atom stereocenters. The van der Waals surface area contributed by atoms with E-state index in [0.717, 1.165) is 5.56 Å². The molecule has 1 aliphatic rings. The smallest absolute Gasteiger partial charge is 0.293 e. The number of benzene rings is 1. The lowest BCUT2D eigenvalue weighted by atomic mass is 10.0. The first-order valence-electron chi connectivity index (χ1n) is 7.64. The molecule has 0 spiro atoms. The number of carbonyl (C=O) groups is 2. The Hall–Kier alpha value is -2.77. The molecular weight excluding hydrogens is 315 g/mol. The predicted molar refractivity (Wildman–Crippen MR) is 83.0 cm³/mol. The Morgan fingerprint density at radius 1 is 1.42 bits per heavy atom. The van der Waals surface area contributed by atoms with E-state index in [9.17, 15) is 14.0 Å². The standard InChI is InChI=1S/C16H17FN4O3/c1-9-5-6-11(17)13(8-9)21-7-3-4-12(16(21)23)19-15(22)14-18-10(2)24-20-14/h5-6,8,12H,3-4,7H2,1-2H3,(H,19,22)/t12-/m0/s1. The topological polar surface area (TPSA) is 88.3 Å². The molecule has 2 aromatic rings. The third-order valence-electron chi connectivity index (χ3n) is 3.87. The maximum Gasteiger partial charge on any atom is 0.293 e. The number of piperidine rings is 1. The Bertz CT molecular complexity index is 789. The van der Waals surface area contributed by atoms with E-state index >= 15 is 0 Å². The van der Waals surface area contributed by atoms with E-state index in [0.29, 0.717) is 19.4 Å². The van der Waals surface area contributed by atoms with Crippen molar-refractivity contribution in [3.8, 4) is 0 Å². The fourth-order valence-corrected chi connectivity index (χ4v) is 2.69. The number of anilines is 1. The van der Waals surface area contributed by atoms with Gasteiger partial charge < -0.3 is 14.7 Å². The van der Waals surface area contributed by atoms with Gasteiger partial charge in [-0.05, 0) is 37.5 Å². The molecule has 0 aliphatic carbocycles. The third-order valence-corrected chi connectivity index (χ3v) is 3.87. The summed E-state index contributed by atoms with van der Waals surface area (Å²) in [6.07, 6.45) is 1.13. The lowest BCUT2D eigenvalue weighted by Crippen LogP contribution is -2.52. The van der Waals surface area contributed by atoms with Crippen molar-refractivity contribution in [3.05, 3.63) is 41.3 Å². The van der Waals surface area contributed by atoms with E-state index in [1.165, 1.54) is 11.0 Å². The molecule has 24 heavy (non-hydrogen) atoms. The number of aromatic nitrogens is 2. The van der Waals surface area contributed by atoms with Gasteiger partial charge in [0.05, 0.1) is 5.69 Å². The molecule has 3 rings (SSSR count). The second-order valence-electron chi connectivity index (χ2n) is 5.75. The number of hydrogen-bond donors (Lipinski definition) is 1. The lowest BCUT2D eigenvalue weighted by Gasteiger charge is -2.32. The Labute approximate surface area is 137 Å². The van der Waals surface area contributed by atoms with Crippen LogP contribution in [-0.2, 0) is 4.79 Å². The van der Waals surface area contributed by atoms with Crippen LogP contribution in [0.1, 0.15) is 34.9 Å². The molecule has 0 radical (unpaired) electrons. The van der Waals surface area contributed by atoms with E-state index in [1.807, 2.05) is 6.92 Å². The van der Waals surface area contributed by atoms with Gasteiger partial charge in [0.1, 0.15) is 11.9 Å². The van der Waals surface area contributed by atoms with Crippen molar-refractivity contribution in [2.75, 3.05) is 11.4 Å². The molecule has 0 saturated carbocycles. The molecule has 1 aromatic heterocycles. The molecular formula is C16H17FN4O3. The Balaban J connectivity index is 1.77.